The second-order valence-corrected chi connectivity index (χ2v) is 10.5. The Bertz CT molecular complexity index is 731. The second kappa shape index (κ2) is 16.3. The number of allylic oxidation sites excluding steroid dienone is 1. The van der Waals surface area contributed by atoms with Crippen molar-refractivity contribution in [1.82, 2.24) is 4.98 Å². The molecule has 0 aliphatic heterocycles. The van der Waals surface area contributed by atoms with Crippen LogP contribution in [0.5, 0.6) is 0 Å². The van der Waals surface area contributed by atoms with Crippen LogP contribution >= 0.6 is 11.3 Å². The Labute approximate surface area is 228 Å². The van der Waals surface area contributed by atoms with Crippen LogP contribution in [0, 0.1) is 36.5 Å². The molecule has 0 saturated heterocycles. The Kier molecular flexibility index (Phi) is 16.2. The molecule has 0 saturated carbocycles. The largest absolute Gasteiger partial charge is 0.458 e. The molecule has 1 unspecified atom stereocenters. The summed E-state index contributed by atoms with van der Waals surface area (Å²) in [7, 11) is 0. The molecule has 0 N–H and O–H groups in total. The molecular weight excluding hydrogens is 491 g/mol. The van der Waals surface area contributed by atoms with E-state index in [9.17, 15) is 4.79 Å². The number of aryl methyl sites for hydroxylation is 1. The molecule has 5 heteroatoms. The third-order valence-corrected chi connectivity index (χ3v) is 7.59. The minimum absolute atomic E-state index is 0. The Morgan fingerprint density at radius 3 is 2.38 bits per heavy atom. The van der Waals surface area contributed by atoms with Gasteiger partial charge in [-0.1, -0.05) is 52.2 Å². The predicted molar refractivity (Wildman–Crippen MR) is 137 cm³/mol. The van der Waals surface area contributed by atoms with Gasteiger partial charge in [0.1, 0.15) is 6.10 Å². The van der Waals surface area contributed by atoms with E-state index in [4.69, 9.17) is 4.74 Å². The van der Waals surface area contributed by atoms with Gasteiger partial charge >= 0.3 is 5.97 Å². The normalized spacial score (nSPS) is 17.0. The van der Waals surface area contributed by atoms with E-state index in [1.54, 1.807) is 11.3 Å². The molecule has 0 aliphatic carbocycles. The average Bonchev–Trinajstić information content (AvgIpc) is 3.11. The minimum Gasteiger partial charge on any atom is -0.458 e. The van der Waals surface area contributed by atoms with E-state index >= 15 is 0 Å². The summed E-state index contributed by atoms with van der Waals surface area (Å²) in [5, 5.41) is 3.07. The fraction of sp³-hybridized carbons (Fsp3) is 0.667. The summed E-state index contributed by atoms with van der Waals surface area (Å²) in [4.78, 5) is 16.0. The quantitative estimate of drug-likeness (QED) is 0.110. The first-order valence-electron chi connectivity index (χ1n) is 11.8. The van der Waals surface area contributed by atoms with E-state index in [1.807, 2.05) is 25.3 Å². The Balaban J connectivity index is 0. The Morgan fingerprint density at radius 1 is 1.19 bits per heavy atom. The standard InChI is InChI=1S/C27H44NO2S.Y.H2/c1-18(2)21(5)23(7)22(6)19(3)14-12-10-11-13-15-27(30-25(9)29)20(4)16-26-17-31-24(8)28-26;;/h11,13,16-17,19,21-23,27H,10,12,14-15H2,1-9H3;;1H/q-1;;/b13-11-,20-16+;;/t19-,21-,22-,23-,27?;;/m0../s1. The van der Waals surface area contributed by atoms with Crippen molar-refractivity contribution in [2.45, 2.75) is 94.1 Å². The minimum atomic E-state index is -0.244. The van der Waals surface area contributed by atoms with Crippen LogP contribution in [0.4, 0.5) is 0 Å². The van der Waals surface area contributed by atoms with Gasteiger partial charge in [-0.2, -0.15) is 19.8 Å². The number of thiazole rings is 1. The molecule has 5 atom stereocenters. The number of hydrogen-bond acceptors (Lipinski definition) is 4. The summed E-state index contributed by atoms with van der Waals surface area (Å²) in [6.07, 6.45) is 10.4. The van der Waals surface area contributed by atoms with Crippen LogP contribution in [0.25, 0.3) is 6.08 Å². The van der Waals surface area contributed by atoms with Crippen LogP contribution in [0.2, 0.25) is 0 Å². The fourth-order valence-corrected chi connectivity index (χ4v) is 4.53. The second-order valence-electron chi connectivity index (χ2n) is 9.48. The monoisotopic (exact) mass is 537 g/mol. The number of nitrogens with zero attached hydrogens (tertiary/aromatic N) is 1. The zero-order chi connectivity index (χ0) is 23.6. The summed E-state index contributed by atoms with van der Waals surface area (Å²) in [6.45, 7) is 19.5. The smallest absolute Gasteiger partial charge is 0.303 e. The van der Waals surface area contributed by atoms with Crippen LogP contribution < -0.4 is 0 Å². The number of unbranched alkanes of at least 4 members (excludes halogenated alkanes) is 1. The molecule has 0 bridgehead atoms. The van der Waals surface area contributed by atoms with Crippen molar-refractivity contribution in [3.05, 3.63) is 39.7 Å². The maximum atomic E-state index is 11.5. The molecule has 0 spiro atoms. The Morgan fingerprint density at radius 2 is 1.84 bits per heavy atom. The maximum Gasteiger partial charge on any atom is 0.303 e. The van der Waals surface area contributed by atoms with Crippen LogP contribution in [0.3, 0.4) is 0 Å². The molecular formula is C27H46NO2SY-. The summed E-state index contributed by atoms with van der Waals surface area (Å²) >= 11 is 1.63. The van der Waals surface area contributed by atoms with E-state index in [0.29, 0.717) is 12.3 Å². The SMILES string of the molecule is CC(=O)OC(C/C=C\CCC[C@H](C)[C@H](C)[C@@H](C)[C@@H](C)[C-](C)C)/C(C)=C/c1csc(C)n1.[HH].[Y]. The molecule has 3 nitrogen and oxygen atoms in total. The molecule has 1 radical (unpaired) electrons. The van der Waals surface area contributed by atoms with Crippen molar-refractivity contribution >= 4 is 23.4 Å². The van der Waals surface area contributed by atoms with Crippen LogP contribution in [-0.4, -0.2) is 17.1 Å². The maximum absolute atomic E-state index is 11.5. The van der Waals surface area contributed by atoms with E-state index < -0.39 is 0 Å². The summed E-state index contributed by atoms with van der Waals surface area (Å²) in [5.74, 6) is 4.14. The van der Waals surface area contributed by atoms with Crippen molar-refractivity contribution in [3.8, 4) is 0 Å². The summed E-state index contributed by atoms with van der Waals surface area (Å²) in [6, 6.07) is 0. The predicted octanol–water partition coefficient (Wildman–Crippen LogP) is 8.31. The van der Waals surface area contributed by atoms with Gasteiger partial charge in [0, 0.05) is 52.9 Å². The zero-order valence-corrected chi connectivity index (χ0v) is 25.4. The van der Waals surface area contributed by atoms with Crippen molar-refractivity contribution < 1.29 is 43.7 Å². The molecule has 1 aromatic rings. The molecule has 0 fully saturated rings. The number of carbonyl (C=O) groups is 1. The average molecular weight is 538 g/mol. The fourth-order valence-electron chi connectivity index (χ4n) is 3.96. The van der Waals surface area contributed by atoms with Gasteiger partial charge in [-0.05, 0) is 50.2 Å². The van der Waals surface area contributed by atoms with Gasteiger partial charge in [0.2, 0.25) is 0 Å². The van der Waals surface area contributed by atoms with E-state index in [0.717, 1.165) is 40.4 Å². The van der Waals surface area contributed by atoms with E-state index in [1.165, 1.54) is 25.7 Å². The van der Waals surface area contributed by atoms with Gasteiger partial charge in [-0.25, -0.2) is 4.98 Å². The molecule has 0 amide bonds. The number of hydrogen-bond donors (Lipinski definition) is 0. The van der Waals surface area contributed by atoms with Gasteiger partial charge in [0.05, 0.1) is 10.7 Å². The molecule has 1 heterocycles. The molecule has 1 rings (SSSR count). The summed E-state index contributed by atoms with van der Waals surface area (Å²) < 4.78 is 5.55. The zero-order valence-electron chi connectivity index (χ0n) is 21.8. The summed E-state index contributed by atoms with van der Waals surface area (Å²) in [5.41, 5.74) is 1.96. The van der Waals surface area contributed by atoms with Crippen LogP contribution in [0.15, 0.2) is 23.1 Å². The van der Waals surface area contributed by atoms with Crippen molar-refractivity contribution in [3.63, 3.8) is 0 Å². The van der Waals surface area contributed by atoms with Gasteiger partial charge in [0.15, 0.2) is 0 Å². The number of ether oxygens (including phenoxy) is 1. The third-order valence-electron chi connectivity index (χ3n) is 6.80. The number of aromatic nitrogens is 1. The number of rotatable bonds is 13. The molecule has 1 aromatic heterocycles. The van der Waals surface area contributed by atoms with E-state index in [-0.39, 0.29) is 46.2 Å². The first kappa shape index (κ1) is 31.7. The van der Waals surface area contributed by atoms with Gasteiger partial charge in [-0.15, -0.1) is 11.3 Å². The van der Waals surface area contributed by atoms with Crippen molar-refractivity contribution in [1.29, 1.82) is 0 Å². The third kappa shape index (κ3) is 11.7. The van der Waals surface area contributed by atoms with E-state index in [2.05, 4.69) is 58.7 Å². The molecule has 32 heavy (non-hydrogen) atoms. The van der Waals surface area contributed by atoms with Gasteiger partial charge in [0.25, 0.3) is 0 Å². The first-order valence-corrected chi connectivity index (χ1v) is 12.6. The van der Waals surface area contributed by atoms with Crippen LogP contribution in [0.1, 0.15) is 93.2 Å². The topological polar surface area (TPSA) is 39.2 Å². The Hall–Kier alpha value is -0.316. The van der Waals surface area contributed by atoms with Crippen molar-refractivity contribution in [2.75, 3.05) is 0 Å². The van der Waals surface area contributed by atoms with Crippen LogP contribution in [-0.2, 0) is 42.2 Å². The molecule has 0 aromatic carbocycles. The van der Waals surface area contributed by atoms with Gasteiger partial charge in [-0.3, -0.25) is 4.79 Å². The molecule has 181 valence electrons. The van der Waals surface area contributed by atoms with Gasteiger partial charge < -0.3 is 10.7 Å². The molecule has 0 aliphatic rings. The number of esters is 1. The van der Waals surface area contributed by atoms with Crippen molar-refractivity contribution in [2.24, 2.45) is 23.7 Å². The number of carbonyl (C=O) groups excluding carboxylic acids is 1. The first-order chi connectivity index (χ1) is 14.5.